The van der Waals surface area contributed by atoms with Gasteiger partial charge in [-0.25, -0.2) is 0 Å². The Morgan fingerprint density at radius 2 is 2.00 bits per heavy atom. The van der Waals surface area contributed by atoms with Crippen LogP contribution < -0.4 is 15.8 Å². The maximum atomic E-state index is 13.0. The van der Waals surface area contributed by atoms with Crippen molar-refractivity contribution >= 4 is 52.5 Å². The van der Waals surface area contributed by atoms with Gasteiger partial charge in [-0.2, -0.15) is 0 Å². The normalized spacial score (nSPS) is 11.9. The molecule has 1 aromatic heterocycles. The number of carbonyl (C=O) groups is 1. The van der Waals surface area contributed by atoms with Crippen LogP contribution in [0.4, 0.5) is 11.6 Å². The zero-order valence-corrected chi connectivity index (χ0v) is 18.8. The minimum Gasteiger partial charge on any atom is -0.495 e. The number of aromatic nitrogens is 3. The van der Waals surface area contributed by atoms with Gasteiger partial charge in [-0.15, -0.1) is 10.2 Å². The molecular formula is C20H21Cl2N5O2S. The molecular weight excluding hydrogens is 445 g/mol. The third-order valence-electron chi connectivity index (χ3n) is 4.43. The van der Waals surface area contributed by atoms with Crippen LogP contribution in [0.5, 0.6) is 5.75 Å². The van der Waals surface area contributed by atoms with Gasteiger partial charge in [0, 0.05) is 16.5 Å². The molecule has 1 atom stereocenters. The van der Waals surface area contributed by atoms with Crippen LogP contribution in [0.3, 0.4) is 0 Å². The van der Waals surface area contributed by atoms with E-state index in [9.17, 15) is 4.79 Å². The number of amides is 1. The fraction of sp³-hybridized carbons (Fsp3) is 0.250. The highest BCUT2D eigenvalue weighted by atomic mass is 35.5. The lowest BCUT2D eigenvalue weighted by Crippen LogP contribution is -2.27. The molecule has 7 nitrogen and oxygen atoms in total. The Morgan fingerprint density at radius 1 is 1.23 bits per heavy atom. The number of methoxy groups -OCH3 is 1. The molecule has 0 aliphatic rings. The number of nitrogens with two attached hydrogens (primary N) is 1. The van der Waals surface area contributed by atoms with Crippen LogP contribution in [0.25, 0.3) is 0 Å². The molecule has 0 spiro atoms. The molecule has 0 aliphatic carbocycles. The molecule has 158 valence electrons. The summed E-state index contributed by atoms with van der Waals surface area (Å²) < 4.78 is 6.78. The number of rotatable bonds is 8. The SMILES string of the molecule is CCC(C(=O)Nc1ccc(OC)c(Cl)c1)n1c(N)nnc1SCc1ccccc1Cl. The standard InChI is InChI=1S/C20H21Cl2N5O2S/c1-3-16(18(28)24-13-8-9-17(29-2)15(22)10-13)27-19(23)25-26-20(27)30-11-12-6-4-5-7-14(12)21/h4-10,16H,3,11H2,1-2H3,(H2,23,25)(H,24,28). The van der Waals surface area contributed by atoms with Crippen molar-refractivity contribution in [2.24, 2.45) is 0 Å². The van der Waals surface area contributed by atoms with Crippen LogP contribution in [-0.2, 0) is 10.5 Å². The van der Waals surface area contributed by atoms with Crippen molar-refractivity contribution in [1.82, 2.24) is 14.8 Å². The van der Waals surface area contributed by atoms with Gasteiger partial charge in [-0.1, -0.05) is 60.1 Å². The van der Waals surface area contributed by atoms with Crippen molar-refractivity contribution in [2.45, 2.75) is 30.3 Å². The monoisotopic (exact) mass is 465 g/mol. The van der Waals surface area contributed by atoms with Gasteiger partial charge in [0.05, 0.1) is 12.1 Å². The molecule has 3 N–H and O–H groups in total. The largest absolute Gasteiger partial charge is 0.495 e. The second-order valence-electron chi connectivity index (χ2n) is 6.35. The minimum atomic E-state index is -0.588. The number of ether oxygens (including phenoxy) is 1. The number of nitrogens with one attached hydrogen (secondary N) is 1. The zero-order chi connectivity index (χ0) is 21.7. The van der Waals surface area contributed by atoms with E-state index in [1.165, 1.54) is 18.9 Å². The van der Waals surface area contributed by atoms with E-state index in [1.54, 1.807) is 22.8 Å². The molecule has 0 saturated carbocycles. The highest BCUT2D eigenvalue weighted by Gasteiger charge is 2.25. The summed E-state index contributed by atoms with van der Waals surface area (Å²) in [6, 6.07) is 12.0. The maximum absolute atomic E-state index is 13.0. The topological polar surface area (TPSA) is 95.1 Å². The van der Waals surface area contributed by atoms with Crippen molar-refractivity contribution in [3.8, 4) is 5.75 Å². The molecule has 10 heteroatoms. The van der Waals surface area contributed by atoms with Crippen molar-refractivity contribution < 1.29 is 9.53 Å². The van der Waals surface area contributed by atoms with Crippen LogP contribution in [0.1, 0.15) is 24.9 Å². The van der Waals surface area contributed by atoms with Gasteiger partial charge in [0.15, 0.2) is 5.16 Å². The minimum absolute atomic E-state index is 0.173. The summed E-state index contributed by atoms with van der Waals surface area (Å²) in [7, 11) is 1.53. The summed E-state index contributed by atoms with van der Waals surface area (Å²) in [5.74, 6) is 1.03. The van der Waals surface area contributed by atoms with Gasteiger partial charge in [0.1, 0.15) is 11.8 Å². The predicted molar refractivity (Wildman–Crippen MR) is 121 cm³/mol. The quantitative estimate of drug-likeness (QED) is 0.451. The molecule has 0 bridgehead atoms. The second kappa shape index (κ2) is 10.1. The molecule has 0 saturated heterocycles. The van der Waals surface area contributed by atoms with E-state index in [-0.39, 0.29) is 11.9 Å². The average Bonchev–Trinajstić information content (AvgIpc) is 3.08. The molecule has 0 fully saturated rings. The highest BCUT2D eigenvalue weighted by Crippen LogP contribution is 2.31. The number of hydrogen-bond acceptors (Lipinski definition) is 6. The van der Waals surface area contributed by atoms with Gasteiger partial charge in [0.25, 0.3) is 0 Å². The third-order valence-corrected chi connectivity index (χ3v) is 6.08. The molecule has 2 aromatic carbocycles. The number of nitrogens with zero attached hydrogens (tertiary/aromatic N) is 3. The van der Waals surface area contributed by atoms with Crippen LogP contribution in [-0.4, -0.2) is 27.8 Å². The van der Waals surface area contributed by atoms with Crippen LogP contribution in [0, 0.1) is 0 Å². The van der Waals surface area contributed by atoms with Gasteiger partial charge < -0.3 is 15.8 Å². The first kappa shape index (κ1) is 22.3. The van der Waals surface area contributed by atoms with E-state index in [4.69, 9.17) is 33.7 Å². The average molecular weight is 466 g/mol. The number of hydrogen-bond donors (Lipinski definition) is 2. The number of benzene rings is 2. The third kappa shape index (κ3) is 5.00. The van der Waals surface area contributed by atoms with E-state index in [0.717, 1.165) is 5.56 Å². The van der Waals surface area contributed by atoms with Crippen LogP contribution in [0.15, 0.2) is 47.6 Å². The van der Waals surface area contributed by atoms with E-state index < -0.39 is 6.04 Å². The summed E-state index contributed by atoms with van der Waals surface area (Å²) in [6.45, 7) is 1.90. The summed E-state index contributed by atoms with van der Waals surface area (Å²) in [5, 5.41) is 12.6. The van der Waals surface area contributed by atoms with E-state index >= 15 is 0 Å². The highest BCUT2D eigenvalue weighted by molar-refractivity contribution is 7.98. The lowest BCUT2D eigenvalue weighted by atomic mass is 10.2. The second-order valence-corrected chi connectivity index (χ2v) is 8.11. The number of nitrogen functional groups attached to an aromatic ring is 1. The number of halogens is 2. The Kier molecular flexibility index (Phi) is 7.47. The summed E-state index contributed by atoms with van der Waals surface area (Å²) >= 11 is 13.8. The van der Waals surface area contributed by atoms with Crippen molar-refractivity contribution in [1.29, 1.82) is 0 Å². The summed E-state index contributed by atoms with van der Waals surface area (Å²) in [6.07, 6.45) is 0.498. The molecule has 3 aromatic rings. The Bertz CT molecular complexity index is 1040. The van der Waals surface area contributed by atoms with Gasteiger partial charge in [-0.3, -0.25) is 9.36 Å². The summed E-state index contributed by atoms with van der Waals surface area (Å²) in [5.41, 5.74) is 7.56. The lowest BCUT2D eigenvalue weighted by Gasteiger charge is -2.19. The fourth-order valence-corrected chi connectivity index (χ4v) is 4.43. The van der Waals surface area contributed by atoms with Crippen molar-refractivity contribution in [3.63, 3.8) is 0 Å². The van der Waals surface area contributed by atoms with Crippen LogP contribution >= 0.6 is 35.0 Å². The number of carbonyl (C=O) groups excluding carboxylic acids is 1. The van der Waals surface area contributed by atoms with Crippen LogP contribution in [0.2, 0.25) is 10.0 Å². The molecule has 1 heterocycles. The zero-order valence-electron chi connectivity index (χ0n) is 16.4. The first-order valence-corrected chi connectivity index (χ1v) is 10.9. The maximum Gasteiger partial charge on any atom is 0.247 e. The van der Waals surface area contributed by atoms with Gasteiger partial charge in [-0.05, 0) is 36.2 Å². The van der Waals surface area contributed by atoms with Gasteiger partial charge in [0.2, 0.25) is 11.9 Å². The van der Waals surface area contributed by atoms with E-state index in [1.807, 2.05) is 31.2 Å². The molecule has 1 unspecified atom stereocenters. The Balaban J connectivity index is 1.79. The molecule has 3 rings (SSSR count). The van der Waals surface area contributed by atoms with Crippen molar-refractivity contribution in [3.05, 3.63) is 58.1 Å². The molecule has 1 amide bonds. The first-order valence-electron chi connectivity index (χ1n) is 9.15. The molecule has 0 radical (unpaired) electrons. The van der Waals surface area contributed by atoms with Gasteiger partial charge >= 0.3 is 0 Å². The Hall–Kier alpha value is -2.42. The van der Waals surface area contributed by atoms with E-state index in [0.29, 0.717) is 38.8 Å². The van der Waals surface area contributed by atoms with E-state index in [2.05, 4.69) is 15.5 Å². The number of anilines is 2. The smallest absolute Gasteiger partial charge is 0.247 e. The predicted octanol–water partition coefficient (Wildman–Crippen LogP) is 5.06. The Labute approximate surface area is 188 Å². The number of thioether (sulfide) groups is 1. The lowest BCUT2D eigenvalue weighted by molar-refractivity contribution is -0.119. The first-order chi connectivity index (χ1) is 14.4. The summed E-state index contributed by atoms with van der Waals surface area (Å²) in [4.78, 5) is 13.0. The molecule has 0 aliphatic heterocycles. The fourth-order valence-electron chi connectivity index (χ4n) is 2.89. The Morgan fingerprint density at radius 3 is 2.67 bits per heavy atom. The van der Waals surface area contributed by atoms with Crippen molar-refractivity contribution in [2.75, 3.05) is 18.2 Å². The molecule has 30 heavy (non-hydrogen) atoms.